The van der Waals surface area contributed by atoms with Gasteiger partial charge in [0.25, 0.3) is 5.91 Å². The molecule has 3 N–H and O–H groups in total. The van der Waals surface area contributed by atoms with Crippen molar-refractivity contribution in [2.45, 2.75) is 19.9 Å². The molecule has 1 amide bonds. The average molecular weight is 277 g/mol. The van der Waals surface area contributed by atoms with E-state index < -0.39 is 23.7 Å². The molecule has 0 saturated carbocycles. The Balaban J connectivity index is 2.83. The molecule has 0 heterocycles. The first-order valence-corrected chi connectivity index (χ1v) is 5.87. The number of aliphatic hydroxyl groups is 1. The van der Waals surface area contributed by atoms with Gasteiger partial charge < -0.3 is 15.5 Å². The molecule has 1 atom stereocenters. The molecule has 0 aliphatic carbocycles. The largest absolute Gasteiger partial charge is 0.507 e. The Morgan fingerprint density at radius 1 is 1.20 bits per heavy atom. The van der Waals surface area contributed by atoms with Gasteiger partial charge in [-0.2, -0.15) is 0 Å². The first-order chi connectivity index (χ1) is 9.32. The minimum Gasteiger partial charge on any atom is -0.507 e. The van der Waals surface area contributed by atoms with Crippen LogP contribution in [-0.4, -0.2) is 33.9 Å². The van der Waals surface area contributed by atoms with Gasteiger partial charge in [0, 0.05) is 11.6 Å². The molecule has 20 heavy (non-hydrogen) atoms. The van der Waals surface area contributed by atoms with E-state index in [0.29, 0.717) is 5.56 Å². The molecule has 0 saturated heterocycles. The molecule has 1 rings (SSSR count). The van der Waals surface area contributed by atoms with Crippen molar-refractivity contribution < 1.29 is 24.6 Å². The number of nitrogens with one attached hydrogen (secondary N) is 1. The highest BCUT2D eigenvalue weighted by atomic mass is 16.4. The molecule has 0 spiro atoms. The molecule has 106 valence electrons. The van der Waals surface area contributed by atoms with E-state index >= 15 is 0 Å². The van der Waals surface area contributed by atoms with Crippen LogP contribution in [0.15, 0.2) is 30.3 Å². The summed E-state index contributed by atoms with van der Waals surface area (Å²) in [5.41, 5.74) is 1.17. The molecule has 0 aromatic heterocycles. The lowest BCUT2D eigenvalue weighted by Crippen LogP contribution is -2.41. The lowest BCUT2D eigenvalue weighted by Gasteiger charge is -2.07. The van der Waals surface area contributed by atoms with Crippen molar-refractivity contribution in [3.63, 3.8) is 0 Å². The smallest absolute Gasteiger partial charge is 0.325 e. The third-order valence-electron chi connectivity index (χ3n) is 2.63. The Morgan fingerprint density at radius 2 is 1.80 bits per heavy atom. The maximum atomic E-state index is 11.6. The monoisotopic (exact) mass is 277 g/mol. The zero-order valence-corrected chi connectivity index (χ0v) is 11.1. The quantitative estimate of drug-likeness (QED) is 0.424. The Morgan fingerprint density at radius 3 is 2.35 bits per heavy atom. The number of aryl methyl sites for hydroxylation is 1. The highest BCUT2D eigenvalue weighted by Gasteiger charge is 2.19. The number of aliphatic carboxylic acids is 1. The van der Waals surface area contributed by atoms with Gasteiger partial charge in [-0.15, -0.1) is 0 Å². The second-order valence-corrected chi connectivity index (χ2v) is 4.24. The maximum Gasteiger partial charge on any atom is 0.325 e. The zero-order valence-electron chi connectivity index (χ0n) is 11.1. The van der Waals surface area contributed by atoms with Crippen molar-refractivity contribution in [1.29, 1.82) is 0 Å². The van der Waals surface area contributed by atoms with E-state index in [9.17, 15) is 19.5 Å². The van der Waals surface area contributed by atoms with Gasteiger partial charge in [0.1, 0.15) is 11.8 Å². The molecule has 0 aliphatic rings. The molecule has 6 nitrogen and oxygen atoms in total. The van der Waals surface area contributed by atoms with Gasteiger partial charge in [-0.05, 0) is 19.4 Å². The van der Waals surface area contributed by atoms with Crippen LogP contribution in [0.3, 0.4) is 0 Å². The van der Waals surface area contributed by atoms with Crippen LogP contribution in [0.2, 0.25) is 0 Å². The topological polar surface area (TPSA) is 104 Å². The number of benzene rings is 1. The summed E-state index contributed by atoms with van der Waals surface area (Å²) in [5.74, 6) is -3.69. The van der Waals surface area contributed by atoms with Gasteiger partial charge in [0.15, 0.2) is 0 Å². The van der Waals surface area contributed by atoms with E-state index in [1.165, 1.54) is 6.92 Å². The fourth-order valence-corrected chi connectivity index (χ4v) is 1.46. The van der Waals surface area contributed by atoms with Crippen molar-refractivity contribution >= 4 is 23.4 Å². The molecule has 1 aromatic carbocycles. The Hall–Kier alpha value is -2.63. The third kappa shape index (κ3) is 3.94. The van der Waals surface area contributed by atoms with E-state index in [4.69, 9.17) is 5.11 Å². The highest BCUT2D eigenvalue weighted by Crippen LogP contribution is 2.15. The third-order valence-corrected chi connectivity index (χ3v) is 2.63. The molecule has 0 bridgehead atoms. The standard InChI is InChI=1S/C14H15NO5/c1-8-5-3-4-6-10(8)11(16)7-12(17)13(18)15-9(2)14(19)20/h3-7,9,16H,1-2H3,(H,15,18)(H,19,20)/t9-/m1/s1. The van der Waals surface area contributed by atoms with Crippen LogP contribution < -0.4 is 5.32 Å². The van der Waals surface area contributed by atoms with E-state index in [1.807, 2.05) is 5.32 Å². The summed E-state index contributed by atoms with van der Waals surface area (Å²) in [6.45, 7) is 2.98. The average Bonchev–Trinajstić information content (AvgIpc) is 2.38. The summed E-state index contributed by atoms with van der Waals surface area (Å²) in [6.07, 6.45) is 0.770. The normalized spacial score (nSPS) is 12.6. The van der Waals surface area contributed by atoms with Crippen LogP contribution in [-0.2, 0) is 14.4 Å². The molecule has 0 radical (unpaired) electrons. The van der Waals surface area contributed by atoms with Gasteiger partial charge in [-0.3, -0.25) is 14.4 Å². The summed E-state index contributed by atoms with van der Waals surface area (Å²) >= 11 is 0. The zero-order chi connectivity index (χ0) is 15.3. The molecular formula is C14H15NO5. The number of carboxylic acids is 1. The summed E-state index contributed by atoms with van der Waals surface area (Å²) in [4.78, 5) is 33.5. The summed E-state index contributed by atoms with van der Waals surface area (Å²) < 4.78 is 0. The number of carboxylic acid groups (broad SMARTS) is 1. The van der Waals surface area contributed by atoms with Crippen molar-refractivity contribution in [3.8, 4) is 0 Å². The Kier molecular flexibility index (Phi) is 5.02. The fraction of sp³-hybridized carbons (Fsp3) is 0.214. The van der Waals surface area contributed by atoms with Gasteiger partial charge in [0.05, 0.1) is 0 Å². The van der Waals surface area contributed by atoms with Crippen molar-refractivity contribution in [1.82, 2.24) is 5.32 Å². The molecule has 0 fully saturated rings. The number of hydrogen-bond acceptors (Lipinski definition) is 4. The van der Waals surface area contributed by atoms with Crippen LogP contribution in [0.1, 0.15) is 18.1 Å². The van der Waals surface area contributed by atoms with Crippen molar-refractivity contribution in [3.05, 3.63) is 41.5 Å². The highest BCUT2D eigenvalue weighted by molar-refractivity contribution is 6.41. The lowest BCUT2D eigenvalue weighted by molar-refractivity contribution is -0.142. The van der Waals surface area contributed by atoms with Gasteiger partial charge in [-0.25, -0.2) is 0 Å². The van der Waals surface area contributed by atoms with E-state index in [0.717, 1.165) is 11.6 Å². The minimum absolute atomic E-state index is 0.341. The van der Waals surface area contributed by atoms with Crippen LogP contribution in [0.5, 0.6) is 0 Å². The van der Waals surface area contributed by atoms with Crippen LogP contribution in [0.25, 0.3) is 5.76 Å². The van der Waals surface area contributed by atoms with Crippen molar-refractivity contribution in [2.75, 3.05) is 0 Å². The van der Waals surface area contributed by atoms with Gasteiger partial charge in [-0.1, -0.05) is 24.3 Å². The summed E-state index contributed by atoms with van der Waals surface area (Å²) in [7, 11) is 0. The second-order valence-electron chi connectivity index (χ2n) is 4.24. The number of rotatable bonds is 5. The Labute approximate surface area is 115 Å². The first kappa shape index (κ1) is 15.4. The van der Waals surface area contributed by atoms with Crippen LogP contribution in [0, 0.1) is 6.92 Å². The number of aliphatic hydroxyl groups excluding tert-OH is 1. The molecule has 0 unspecified atom stereocenters. The first-order valence-electron chi connectivity index (χ1n) is 5.87. The van der Waals surface area contributed by atoms with E-state index in [2.05, 4.69) is 0 Å². The predicted octanol–water partition coefficient (Wildman–Crippen LogP) is 1.05. The van der Waals surface area contributed by atoms with Gasteiger partial charge in [0.2, 0.25) is 5.78 Å². The molecule has 6 heteroatoms. The van der Waals surface area contributed by atoms with Crippen molar-refractivity contribution in [2.24, 2.45) is 0 Å². The Bertz CT molecular complexity index is 577. The van der Waals surface area contributed by atoms with Gasteiger partial charge >= 0.3 is 5.97 Å². The van der Waals surface area contributed by atoms with Crippen LogP contribution >= 0.6 is 0 Å². The lowest BCUT2D eigenvalue weighted by atomic mass is 10.1. The number of ketones is 1. The number of amides is 1. The second kappa shape index (κ2) is 6.51. The minimum atomic E-state index is -1.25. The molecular weight excluding hydrogens is 262 g/mol. The number of carbonyl (C=O) groups excluding carboxylic acids is 2. The fourth-order valence-electron chi connectivity index (χ4n) is 1.46. The number of carbonyl (C=O) groups is 3. The maximum absolute atomic E-state index is 11.6. The van der Waals surface area contributed by atoms with Crippen LogP contribution in [0.4, 0.5) is 0 Å². The van der Waals surface area contributed by atoms with E-state index in [1.54, 1.807) is 31.2 Å². The summed E-state index contributed by atoms with van der Waals surface area (Å²) in [5, 5.41) is 20.4. The SMILES string of the molecule is Cc1ccccc1C(O)=CC(=O)C(=O)N[C@H](C)C(=O)O. The number of hydrogen-bond donors (Lipinski definition) is 3. The molecule has 0 aliphatic heterocycles. The molecule has 1 aromatic rings. The predicted molar refractivity (Wildman–Crippen MR) is 72.0 cm³/mol. The van der Waals surface area contributed by atoms with E-state index in [-0.39, 0.29) is 5.76 Å². The summed E-state index contributed by atoms with van der Waals surface area (Å²) in [6, 6.07) is 5.63.